The molecule has 0 radical (unpaired) electrons. The Bertz CT molecular complexity index is 1380. The average Bonchev–Trinajstić information content (AvgIpc) is 3.60. The standard InChI is InChI=1S/C37H56N2O10S2/c1-20-14-23-30(43)22-6-4-7-24-29(22)32(45)37(23,26(42)15-20)27(8-5-13-40)51-50-19-39-28-16-21(9-12-38-28)35(10-2-3-11-35)18-36(47)31(44)25(17-41)49-34(48-24)33(36)46/h14-15,21-25,27-29,31,33-34,38-42,44,46-47H,2-13,16-19H2,1H3/p+1. The number of ketones is 2. The summed E-state index contributed by atoms with van der Waals surface area (Å²) in [6.45, 7) is 1.98. The lowest BCUT2D eigenvalue weighted by Crippen LogP contribution is -2.95. The van der Waals surface area contributed by atoms with E-state index < -0.39 is 71.3 Å². The summed E-state index contributed by atoms with van der Waals surface area (Å²) in [5, 5.41) is 73.8. The van der Waals surface area contributed by atoms with Crippen LogP contribution in [0.25, 0.3) is 0 Å². The largest absolute Gasteiger partial charge is 0.511 e. The van der Waals surface area contributed by atoms with Crippen molar-refractivity contribution in [1.82, 2.24) is 5.32 Å². The quantitative estimate of drug-likeness (QED) is 0.192. The van der Waals surface area contributed by atoms with Crippen LogP contribution in [0.15, 0.2) is 23.5 Å². The van der Waals surface area contributed by atoms with E-state index in [1.165, 1.54) is 10.8 Å². The Balaban J connectivity index is 1.32. The summed E-state index contributed by atoms with van der Waals surface area (Å²) in [4.78, 5) is 30.0. The Morgan fingerprint density at radius 1 is 1.06 bits per heavy atom. The molecule has 4 aliphatic carbocycles. The van der Waals surface area contributed by atoms with Gasteiger partial charge in [0.2, 0.25) is 0 Å². The molecule has 6 fully saturated rings. The van der Waals surface area contributed by atoms with E-state index in [4.69, 9.17) is 9.47 Å². The number of carbonyl (C=O) groups excluding carboxylic acids is 2. The summed E-state index contributed by atoms with van der Waals surface area (Å²) >= 11 is 0. The molecule has 3 saturated carbocycles. The number of fused-ring (bicyclic) bond motifs is 5. The first kappa shape index (κ1) is 38.2. The second kappa shape index (κ2) is 15.2. The van der Waals surface area contributed by atoms with Crippen molar-refractivity contribution in [1.29, 1.82) is 0 Å². The van der Waals surface area contributed by atoms with Gasteiger partial charge in [0.05, 0.1) is 37.0 Å². The van der Waals surface area contributed by atoms with E-state index in [1.807, 2.05) is 13.0 Å². The lowest BCUT2D eigenvalue weighted by atomic mass is 9.51. The zero-order chi connectivity index (χ0) is 36.1. The van der Waals surface area contributed by atoms with Crippen molar-refractivity contribution in [2.75, 3.05) is 25.6 Å². The first-order valence-electron chi connectivity index (χ1n) is 19.1. The normalized spacial score (nSPS) is 46.0. The second-order valence-electron chi connectivity index (χ2n) is 16.4. The predicted molar refractivity (Wildman–Crippen MR) is 191 cm³/mol. The smallest absolute Gasteiger partial charge is 0.187 e. The third kappa shape index (κ3) is 6.49. The summed E-state index contributed by atoms with van der Waals surface area (Å²) in [6, 6.07) is 0. The van der Waals surface area contributed by atoms with Crippen LogP contribution in [0.1, 0.15) is 84.0 Å². The summed E-state index contributed by atoms with van der Waals surface area (Å²) in [7, 11) is 3.05. The zero-order valence-corrected chi connectivity index (χ0v) is 31.2. The molecular weight excluding hydrogens is 697 g/mol. The SMILES string of the molecule is CC1=CC2C(=O)C3CCCC4OC5OC(CO)C(O)C(O)(CC6(CCCC6)C6CC[NH2+]C(C6)NCSSC(CCCO)C2(C(=O)C43)C(O)=C1)C5O. The van der Waals surface area contributed by atoms with Crippen LogP contribution in [0.4, 0.5) is 0 Å². The topological polar surface area (TPSA) is 203 Å². The molecule has 3 saturated heterocycles. The maximum atomic E-state index is 15.3. The Hall–Kier alpha value is -1.04. The molecule has 0 amide bonds. The van der Waals surface area contributed by atoms with Crippen LogP contribution in [0.3, 0.4) is 0 Å². The van der Waals surface area contributed by atoms with E-state index in [-0.39, 0.29) is 47.9 Å². The number of carbonyl (C=O) groups is 2. The number of nitrogens with two attached hydrogens (primary N) is 1. The number of quaternary nitrogens is 1. The highest BCUT2D eigenvalue weighted by Crippen LogP contribution is 2.60. The molecule has 3 heterocycles. The van der Waals surface area contributed by atoms with Crippen LogP contribution < -0.4 is 10.6 Å². The van der Waals surface area contributed by atoms with Gasteiger partial charge in [-0.15, -0.1) is 0 Å². The van der Waals surface area contributed by atoms with Gasteiger partial charge in [0.15, 0.2) is 12.1 Å². The lowest BCUT2D eigenvalue weighted by molar-refractivity contribution is -0.705. The third-order valence-corrected chi connectivity index (χ3v) is 16.4. The number of hydrogen-bond donors (Lipinski definition) is 8. The fourth-order valence-corrected chi connectivity index (χ4v) is 14.2. The van der Waals surface area contributed by atoms with Crippen LogP contribution in [0.2, 0.25) is 0 Å². The van der Waals surface area contributed by atoms with Gasteiger partial charge < -0.3 is 45.4 Å². The highest BCUT2D eigenvalue weighted by molar-refractivity contribution is 8.76. The minimum atomic E-state index is -2.06. The van der Waals surface area contributed by atoms with Crippen molar-refractivity contribution in [3.05, 3.63) is 23.5 Å². The van der Waals surface area contributed by atoms with Crippen molar-refractivity contribution in [3.63, 3.8) is 0 Å². The Kier molecular flexibility index (Phi) is 11.4. The van der Waals surface area contributed by atoms with Gasteiger partial charge in [0.1, 0.15) is 47.0 Å². The van der Waals surface area contributed by atoms with Gasteiger partial charge in [-0.1, -0.05) is 52.5 Å². The number of allylic oxidation sites excluding steroid dienone is 4. The van der Waals surface area contributed by atoms with Gasteiger partial charge in [-0.05, 0) is 69.3 Å². The number of aliphatic hydroxyl groups excluding tert-OH is 5. The van der Waals surface area contributed by atoms with Crippen molar-refractivity contribution in [3.8, 4) is 0 Å². The first-order valence-corrected chi connectivity index (χ1v) is 21.5. The van der Waals surface area contributed by atoms with E-state index in [0.29, 0.717) is 43.6 Å². The molecule has 0 aromatic carbocycles. The van der Waals surface area contributed by atoms with Gasteiger partial charge in [-0.25, -0.2) is 0 Å². The molecule has 51 heavy (non-hydrogen) atoms. The highest BCUT2D eigenvalue weighted by Gasteiger charge is 2.67. The summed E-state index contributed by atoms with van der Waals surface area (Å²) in [5.41, 5.74) is -3.27. The first-order chi connectivity index (χ1) is 24.5. The van der Waals surface area contributed by atoms with E-state index in [0.717, 1.165) is 45.1 Å². The van der Waals surface area contributed by atoms with Crippen LogP contribution in [-0.2, 0) is 19.1 Å². The van der Waals surface area contributed by atoms with Crippen molar-refractivity contribution < 1.29 is 55.0 Å². The minimum Gasteiger partial charge on any atom is -0.511 e. The zero-order valence-electron chi connectivity index (χ0n) is 29.5. The van der Waals surface area contributed by atoms with Crippen LogP contribution >= 0.6 is 21.6 Å². The maximum Gasteiger partial charge on any atom is 0.187 e. The fourth-order valence-electron chi connectivity index (χ4n) is 11.2. The average molecular weight is 754 g/mol. The predicted octanol–water partition coefficient (Wildman–Crippen LogP) is 1.45. The Morgan fingerprint density at radius 3 is 2.59 bits per heavy atom. The number of ether oxygens (including phenoxy) is 2. The van der Waals surface area contributed by atoms with Crippen molar-refractivity contribution >= 4 is 33.2 Å². The van der Waals surface area contributed by atoms with Gasteiger partial charge in [0, 0.05) is 30.6 Å². The molecule has 7 aliphatic rings. The lowest BCUT2D eigenvalue weighted by Gasteiger charge is -2.55. The van der Waals surface area contributed by atoms with Gasteiger partial charge in [-0.3, -0.25) is 14.9 Å². The molecule has 7 rings (SSSR count). The van der Waals surface area contributed by atoms with Crippen LogP contribution in [-0.4, -0.2) is 116 Å². The summed E-state index contributed by atoms with van der Waals surface area (Å²) in [6.07, 6.45) is 4.43. The summed E-state index contributed by atoms with van der Waals surface area (Å²) in [5.74, 6) is -2.30. The van der Waals surface area contributed by atoms with Gasteiger partial charge in [0.25, 0.3) is 0 Å². The van der Waals surface area contributed by atoms with Crippen LogP contribution in [0.5, 0.6) is 0 Å². The molecular formula is C37H57N2O10S2+. The Labute approximate surface area is 308 Å². The number of rotatable bonds is 4. The van der Waals surface area contributed by atoms with Gasteiger partial charge >= 0.3 is 0 Å². The highest BCUT2D eigenvalue weighted by atomic mass is 33.1. The molecule has 2 spiro atoms. The number of nitrogens with one attached hydrogen (secondary N) is 1. The van der Waals surface area contributed by atoms with Gasteiger partial charge in [-0.2, -0.15) is 0 Å². The molecule has 14 heteroatoms. The van der Waals surface area contributed by atoms with Crippen LogP contribution in [0, 0.1) is 34.5 Å². The maximum absolute atomic E-state index is 15.3. The van der Waals surface area contributed by atoms with E-state index in [1.54, 1.807) is 16.9 Å². The third-order valence-electron chi connectivity index (χ3n) is 13.7. The molecule has 9 N–H and O–H groups in total. The monoisotopic (exact) mass is 753 g/mol. The number of hydrogen-bond acceptors (Lipinski definition) is 13. The van der Waals surface area contributed by atoms with Crippen molar-refractivity contribution in [2.45, 2.75) is 132 Å². The van der Waals surface area contributed by atoms with E-state index in [9.17, 15) is 35.4 Å². The minimum absolute atomic E-state index is 0.0886. The second-order valence-corrected chi connectivity index (χ2v) is 19.0. The Morgan fingerprint density at radius 2 is 1.84 bits per heavy atom. The molecule has 0 aromatic rings. The number of aliphatic hydroxyl groups is 6. The fraction of sp³-hybridized carbons (Fsp3) is 0.838. The van der Waals surface area contributed by atoms with E-state index in [2.05, 4.69) is 10.6 Å². The molecule has 6 bridgehead atoms. The molecule has 12 nitrogen and oxygen atoms in total. The van der Waals surface area contributed by atoms with Crippen molar-refractivity contribution in [2.24, 2.45) is 34.5 Å². The summed E-state index contributed by atoms with van der Waals surface area (Å²) < 4.78 is 12.6. The molecule has 0 aromatic heterocycles. The molecule has 3 aliphatic heterocycles. The number of piperidine rings is 1. The molecule has 286 valence electrons. The number of Topliss-reactive ketones (excluding diaryl/α,β-unsaturated/α-hetero) is 2. The molecule has 13 unspecified atom stereocenters. The van der Waals surface area contributed by atoms with E-state index >= 15 is 4.79 Å². The molecule has 13 atom stereocenters.